The standard InChI is InChI=1S/C14H15NO3/c16-10-7-5-9(6-8-10)15-13(17)11-3-1-2-4-12(11)14(15)18/h5-8,11-12,16H,1-4H2/t11-,12+. The minimum absolute atomic E-state index is 0.0737. The van der Waals surface area contributed by atoms with Gasteiger partial charge in [-0.05, 0) is 37.1 Å². The Balaban J connectivity index is 1.95. The van der Waals surface area contributed by atoms with Gasteiger partial charge in [-0.15, -0.1) is 0 Å². The van der Waals surface area contributed by atoms with Crippen LogP contribution < -0.4 is 4.90 Å². The Labute approximate surface area is 105 Å². The fraction of sp³-hybridized carbons (Fsp3) is 0.429. The number of rotatable bonds is 1. The summed E-state index contributed by atoms with van der Waals surface area (Å²) in [5.41, 5.74) is 0.567. The number of imide groups is 1. The minimum Gasteiger partial charge on any atom is -0.508 e. The molecule has 2 amide bonds. The van der Waals surface area contributed by atoms with Crippen LogP contribution in [0.15, 0.2) is 24.3 Å². The van der Waals surface area contributed by atoms with Gasteiger partial charge in [0.05, 0.1) is 17.5 Å². The molecule has 1 saturated heterocycles. The third kappa shape index (κ3) is 1.60. The molecular weight excluding hydrogens is 230 g/mol. The lowest BCUT2D eigenvalue weighted by Crippen LogP contribution is -2.30. The Bertz CT molecular complexity index is 470. The van der Waals surface area contributed by atoms with Gasteiger partial charge in [0, 0.05) is 0 Å². The first-order valence-electron chi connectivity index (χ1n) is 6.35. The number of hydrogen-bond acceptors (Lipinski definition) is 3. The van der Waals surface area contributed by atoms with E-state index in [0.29, 0.717) is 5.69 Å². The van der Waals surface area contributed by atoms with Crippen molar-refractivity contribution < 1.29 is 14.7 Å². The van der Waals surface area contributed by atoms with E-state index in [1.54, 1.807) is 12.1 Å². The molecule has 2 atom stereocenters. The van der Waals surface area contributed by atoms with E-state index < -0.39 is 0 Å². The number of phenols is 1. The second-order valence-corrected chi connectivity index (χ2v) is 5.03. The highest BCUT2D eigenvalue weighted by atomic mass is 16.3. The van der Waals surface area contributed by atoms with Gasteiger partial charge in [-0.25, -0.2) is 0 Å². The number of phenolic OH excluding ortho intramolecular Hbond substituents is 1. The van der Waals surface area contributed by atoms with Gasteiger partial charge in [-0.3, -0.25) is 14.5 Å². The van der Waals surface area contributed by atoms with E-state index in [1.807, 2.05) is 0 Å². The molecule has 1 aliphatic carbocycles. The molecule has 0 unspecified atom stereocenters. The Morgan fingerprint density at radius 2 is 1.44 bits per heavy atom. The summed E-state index contributed by atoms with van der Waals surface area (Å²) >= 11 is 0. The van der Waals surface area contributed by atoms with Crippen molar-refractivity contribution in [2.75, 3.05) is 4.90 Å². The maximum atomic E-state index is 12.3. The highest BCUT2D eigenvalue weighted by Gasteiger charge is 2.48. The summed E-state index contributed by atoms with van der Waals surface area (Å²) in [5, 5.41) is 9.25. The number of hydrogen-bond donors (Lipinski definition) is 1. The zero-order valence-electron chi connectivity index (χ0n) is 10.0. The van der Waals surface area contributed by atoms with Crippen LogP contribution in [-0.4, -0.2) is 16.9 Å². The summed E-state index contributed by atoms with van der Waals surface area (Å²) in [6, 6.07) is 6.22. The molecule has 1 aromatic rings. The van der Waals surface area contributed by atoms with Gasteiger partial charge in [-0.2, -0.15) is 0 Å². The van der Waals surface area contributed by atoms with Gasteiger partial charge in [0.25, 0.3) is 0 Å². The van der Waals surface area contributed by atoms with Crippen LogP contribution in [0.2, 0.25) is 0 Å². The van der Waals surface area contributed by atoms with Crippen LogP contribution in [0, 0.1) is 11.8 Å². The first-order chi connectivity index (χ1) is 8.68. The van der Waals surface area contributed by atoms with Crippen molar-refractivity contribution in [2.24, 2.45) is 11.8 Å². The monoisotopic (exact) mass is 245 g/mol. The molecular formula is C14H15NO3. The van der Waals surface area contributed by atoms with Crippen molar-refractivity contribution in [3.8, 4) is 5.75 Å². The lowest BCUT2D eigenvalue weighted by molar-refractivity contribution is -0.122. The molecule has 2 aliphatic rings. The zero-order valence-corrected chi connectivity index (χ0v) is 10.0. The van der Waals surface area contributed by atoms with E-state index in [-0.39, 0.29) is 29.4 Å². The van der Waals surface area contributed by atoms with Crippen molar-refractivity contribution in [3.05, 3.63) is 24.3 Å². The molecule has 1 saturated carbocycles. The number of benzene rings is 1. The average molecular weight is 245 g/mol. The molecule has 4 heteroatoms. The van der Waals surface area contributed by atoms with Gasteiger partial charge < -0.3 is 5.11 Å². The fourth-order valence-corrected chi connectivity index (χ4v) is 3.02. The Kier molecular flexibility index (Phi) is 2.58. The van der Waals surface area contributed by atoms with Gasteiger partial charge in [0.15, 0.2) is 0 Å². The molecule has 0 spiro atoms. The summed E-state index contributed by atoms with van der Waals surface area (Å²) < 4.78 is 0. The largest absolute Gasteiger partial charge is 0.508 e. The molecule has 2 fully saturated rings. The van der Waals surface area contributed by atoms with Crippen LogP contribution in [0.4, 0.5) is 5.69 Å². The molecule has 1 N–H and O–H groups in total. The third-order valence-electron chi connectivity index (χ3n) is 3.95. The predicted octanol–water partition coefficient (Wildman–Crippen LogP) is 2.07. The minimum atomic E-state index is -0.125. The van der Waals surface area contributed by atoms with Crippen LogP contribution in [0.3, 0.4) is 0 Å². The molecule has 0 bridgehead atoms. The van der Waals surface area contributed by atoms with E-state index in [1.165, 1.54) is 17.0 Å². The van der Waals surface area contributed by atoms with Crippen LogP contribution in [0.25, 0.3) is 0 Å². The van der Waals surface area contributed by atoms with E-state index in [4.69, 9.17) is 0 Å². The lowest BCUT2D eigenvalue weighted by atomic mass is 9.81. The number of anilines is 1. The number of aromatic hydroxyl groups is 1. The lowest BCUT2D eigenvalue weighted by Gasteiger charge is -2.19. The Morgan fingerprint density at radius 3 is 1.94 bits per heavy atom. The van der Waals surface area contributed by atoms with Gasteiger partial charge in [0.1, 0.15) is 5.75 Å². The maximum absolute atomic E-state index is 12.3. The highest BCUT2D eigenvalue weighted by Crippen LogP contribution is 2.40. The number of carbonyl (C=O) groups is 2. The van der Waals surface area contributed by atoms with E-state index in [0.717, 1.165) is 25.7 Å². The summed E-state index contributed by atoms with van der Waals surface area (Å²) in [6.07, 6.45) is 3.71. The van der Waals surface area contributed by atoms with Crippen LogP contribution >= 0.6 is 0 Å². The fourth-order valence-electron chi connectivity index (χ4n) is 3.02. The van der Waals surface area contributed by atoms with Crippen LogP contribution in [0.5, 0.6) is 5.75 Å². The number of nitrogens with zero attached hydrogens (tertiary/aromatic N) is 1. The third-order valence-corrected chi connectivity index (χ3v) is 3.95. The highest BCUT2D eigenvalue weighted by molar-refractivity contribution is 6.22. The molecule has 1 aliphatic heterocycles. The topological polar surface area (TPSA) is 57.6 Å². The van der Waals surface area contributed by atoms with Crippen molar-refractivity contribution in [1.29, 1.82) is 0 Å². The zero-order chi connectivity index (χ0) is 12.7. The van der Waals surface area contributed by atoms with Crippen LogP contribution in [0.1, 0.15) is 25.7 Å². The van der Waals surface area contributed by atoms with E-state index in [9.17, 15) is 14.7 Å². The molecule has 1 heterocycles. The number of carbonyl (C=O) groups excluding carboxylic acids is 2. The molecule has 0 radical (unpaired) electrons. The molecule has 0 aromatic heterocycles. The van der Waals surface area contributed by atoms with Crippen molar-refractivity contribution in [2.45, 2.75) is 25.7 Å². The first-order valence-corrected chi connectivity index (χ1v) is 6.35. The smallest absolute Gasteiger partial charge is 0.237 e. The number of fused-ring (bicyclic) bond motifs is 1. The van der Waals surface area contributed by atoms with Crippen molar-refractivity contribution >= 4 is 17.5 Å². The van der Waals surface area contributed by atoms with E-state index >= 15 is 0 Å². The summed E-state index contributed by atoms with van der Waals surface area (Å²) in [5.74, 6) is -0.263. The van der Waals surface area contributed by atoms with Gasteiger partial charge in [-0.1, -0.05) is 12.8 Å². The molecule has 1 aromatic carbocycles. The van der Waals surface area contributed by atoms with Gasteiger partial charge >= 0.3 is 0 Å². The molecule has 3 rings (SSSR count). The maximum Gasteiger partial charge on any atom is 0.237 e. The van der Waals surface area contributed by atoms with Crippen molar-refractivity contribution in [1.82, 2.24) is 0 Å². The Morgan fingerprint density at radius 1 is 0.944 bits per heavy atom. The quantitative estimate of drug-likeness (QED) is 0.770. The summed E-state index contributed by atoms with van der Waals surface area (Å²) in [7, 11) is 0. The second kappa shape index (κ2) is 4.12. The summed E-state index contributed by atoms with van der Waals surface area (Å²) in [4.78, 5) is 25.8. The first kappa shape index (κ1) is 11.3. The summed E-state index contributed by atoms with van der Waals surface area (Å²) in [6.45, 7) is 0. The predicted molar refractivity (Wildman–Crippen MR) is 66.0 cm³/mol. The van der Waals surface area contributed by atoms with Gasteiger partial charge in [0.2, 0.25) is 11.8 Å². The average Bonchev–Trinajstić information content (AvgIpc) is 2.64. The van der Waals surface area contributed by atoms with E-state index in [2.05, 4.69) is 0 Å². The SMILES string of the molecule is O=C1[C@H]2CCCC[C@H]2C(=O)N1c1ccc(O)cc1. The molecule has 4 nitrogen and oxygen atoms in total. The molecule has 94 valence electrons. The van der Waals surface area contributed by atoms with Crippen molar-refractivity contribution in [3.63, 3.8) is 0 Å². The number of amides is 2. The second-order valence-electron chi connectivity index (χ2n) is 5.03. The Hall–Kier alpha value is -1.84. The normalized spacial score (nSPS) is 27.4. The molecule has 18 heavy (non-hydrogen) atoms. The van der Waals surface area contributed by atoms with Crippen LogP contribution in [-0.2, 0) is 9.59 Å².